The van der Waals surface area contributed by atoms with Crippen molar-refractivity contribution >= 4 is 51.7 Å². The number of amides is 1. The molecule has 0 N–H and O–H groups in total. The van der Waals surface area contributed by atoms with Crippen molar-refractivity contribution in [2.75, 3.05) is 5.75 Å². The van der Waals surface area contributed by atoms with Gasteiger partial charge in [-0.1, -0.05) is 54.0 Å². The van der Waals surface area contributed by atoms with Crippen molar-refractivity contribution in [2.45, 2.75) is 26.3 Å². The number of thioether (sulfide) groups is 1. The van der Waals surface area contributed by atoms with Gasteiger partial charge in [-0.3, -0.25) is 9.69 Å². The van der Waals surface area contributed by atoms with Gasteiger partial charge >= 0.3 is 0 Å². The number of hydrogen-bond acceptors (Lipinski definition) is 3. The molecule has 0 spiro atoms. The maximum Gasteiger partial charge on any atom is 0.260 e. The molecule has 0 unspecified atom stereocenters. The number of aryl methyl sites for hydroxylation is 1. The van der Waals surface area contributed by atoms with Crippen LogP contribution in [-0.2, 0) is 0 Å². The van der Waals surface area contributed by atoms with Crippen LogP contribution in [0.4, 0.5) is 5.69 Å². The van der Waals surface area contributed by atoms with E-state index >= 15 is 0 Å². The van der Waals surface area contributed by atoms with E-state index in [0.29, 0.717) is 15.6 Å². The molecule has 2 aromatic carbocycles. The number of rotatable bonds is 3. The van der Waals surface area contributed by atoms with Crippen LogP contribution in [0.3, 0.4) is 0 Å². The molecule has 0 bridgehead atoms. The monoisotopic (exact) mass is 392 g/mol. The Balaban J connectivity index is 1.96. The fourth-order valence-electron chi connectivity index (χ4n) is 2.69. The Bertz CT molecular complexity index is 838. The number of aliphatic imine (C=N–C) groups is 1. The Hall–Kier alpha value is -1.49. The molecule has 0 aliphatic carbocycles. The van der Waals surface area contributed by atoms with Crippen LogP contribution in [0.15, 0.2) is 47.5 Å². The molecule has 3 nitrogen and oxygen atoms in total. The van der Waals surface area contributed by atoms with E-state index in [1.54, 1.807) is 34.9 Å². The van der Waals surface area contributed by atoms with E-state index in [1.165, 1.54) is 0 Å². The van der Waals surface area contributed by atoms with Crippen molar-refractivity contribution in [3.05, 3.63) is 63.6 Å². The molecular weight excluding hydrogens is 375 g/mol. The number of benzene rings is 2. The van der Waals surface area contributed by atoms with Gasteiger partial charge in [0, 0.05) is 17.4 Å². The lowest BCUT2D eigenvalue weighted by molar-refractivity contribution is 0.0819. The Kier molecular flexibility index (Phi) is 5.72. The second kappa shape index (κ2) is 7.81. The van der Waals surface area contributed by atoms with Crippen molar-refractivity contribution in [2.24, 2.45) is 4.99 Å². The molecule has 1 amide bonds. The molecule has 3 rings (SSSR count). The Morgan fingerprint density at radius 2 is 2.04 bits per heavy atom. The zero-order valence-electron chi connectivity index (χ0n) is 14.0. The van der Waals surface area contributed by atoms with E-state index in [1.807, 2.05) is 31.2 Å². The standard InChI is InChI=1S/C19H18Cl2N2OS/c1-3-15-11-25-19(22-14-6-4-5-12(2)9-14)23(15)18(24)13-7-8-16(20)17(21)10-13/h4-10,15H,3,11H2,1-2H3/t15-/m1/s1. The van der Waals surface area contributed by atoms with Crippen molar-refractivity contribution < 1.29 is 4.79 Å². The maximum absolute atomic E-state index is 13.1. The van der Waals surface area contributed by atoms with Gasteiger partial charge in [-0.2, -0.15) is 0 Å². The maximum atomic E-state index is 13.1. The van der Waals surface area contributed by atoms with Gasteiger partial charge in [-0.25, -0.2) is 4.99 Å². The van der Waals surface area contributed by atoms with Crippen LogP contribution in [0.5, 0.6) is 0 Å². The molecule has 1 fully saturated rings. The molecule has 25 heavy (non-hydrogen) atoms. The van der Waals surface area contributed by atoms with Crippen LogP contribution in [0.25, 0.3) is 0 Å². The molecule has 0 aromatic heterocycles. The van der Waals surface area contributed by atoms with Gasteiger partial charge in [-0.15, -0.1) is 0 Å². The highest BCUT2D eigenvalue weighted by atomic mass is 35.5. The summed E-state index contributed by atoms with van der Waals surface area (Å²) in [5, 5.41) is 1.55. The third-order valence-corrected chi connectivity index (χ3v) is 5.90. The summed E-state index contributed by atoms with van der Waals surface area (Å²) in [5.74, 6) is 0.746. The highest BCUT2D eigenvalue weighted by Gasteiger charge is 2.34. The summed E-state index contributed by atoms with van der Waals surface area (Å²) < 4.78 is 0. The first-order valence-corrected chi connectivity index (χ1v) is 9.80. The lowest BCUT2D eigenvalue weighted by Crippen LogP contribution is -2.39. The topological polar surface area (TPSA) is 32.7 Å². The Morgan fingerprint density at radius 3 is 2.72 bits per heavy atom. The minimum Gasteiger partial charge on any atom is -0.283 e. The summed E-state index contributed by atoms with van der Waals surface area (Å²) in [5.41, 5.74) is 2.51. The van der Waals surface area contributed by atoms with Gasteiger partial charge < -0.3 is 0 Å². The van der Waals surface area contributed by atoms with Gasteiger partial charge in [0.15, 0.2) is 5.17 Å². The minimum absolute atomic E-state index is 0.0955. The van der Waals surface area contributed by atoms with Gasteiger partial charge in [0.25, 0.3) is 5.91 Å². The Morgan fingerprint density at radius 1 is 1.24 bits per heavy atom. The second-order valence-electron chi connectivity index (χ2n) is 5.91. The third kappa shape index (κ3) is 4.02. The van der Waals surface area contributed by atoms with Crippen LogP contribution < -0.4 is 0 Å². The van der Waals surface area contributed by atoms with E-state index in [0.717, 1.165) is 28.6 Å². The highest BCUT2D eigenvalue weighted by molar-refractivity contribution is 8.14. The number of hydrogen-bond donors (Lipinski definition) is 0. The van der Waals surface area contributed by atoms with Gasteiger partial charge in [0.1, 0.15) is 0 Å². The van der Waals surface area contributed by atoms with Crippen molar-refractivity contribution in [1.29, 1.82) is 0 Å². The smallest absolute Gasteiger partial charge is 0.260 e. The molecule has 1 heterocycles. The second-order valence-corrected chi connectivity index (χ2v) is 7.71. The molecule has 1 aliphatic heterocycles. The normalized spacial score (nSPS) is 18.8. The highest BCUT2D eigenvalue weighted by Crippen LogP contribution is 2.31. The van der Waals surface area contributed by atoms with Crippen molar-refractivity contribution in [1.82, 2.24) is 4.90 Å². The molecular formula is C19H18Cl2N2OS. The molecule has 1 atom stereocenters. The minimum atomic E-state index is -0.0955. The van der Waals surface area contributed by atoms with Crippen molar-refractivity contribution in [3.63, 3.8) is 0 Å². The Labute approximate surface area is 162 Å². The summed E-state index contributed by atoms with van der Waals surface area (Å²) in [4.78, 5) is 19.6. The predicted octanol–water partition coefficient (Wildman–Crippen LogP) is 5.96. The first kappa shape index (κ1) is 18.3. The molecule has 130 valence electrons. The molecule has 0 radical (unpaired) electrons. The lowest BCUT2D eigenvalue weighted by atomic mass is 10.1. The summed E-state index contributed by atoms with van der Waals surface area (Å²) in [6.45, 7) is 4.11. The van der Waals surface area contributed by atoms with Gasteiger partial charge in [0.2, 0.25) is 0 Å². The van der Waals surface area contributed by atoms with Crippen LogP contribution in [0.2, 0.25) is 10.0 Å². The van der Waals surface area contributed by atoms with Crippen LogP contribution in [0.1, 0.15) is 29.3 Å². The third-order valence-electron chi connectivity index (χ3n) is 4.06. The summed E-state index contributed by atoms with van der Waals surface area (Å²) >= 11 is 13.7. The average molecular weight is 393 g/mol. The number of carbonyl (C=O) groups is 1. The summed E-state index contributed by atoms with van der Waals surface area (Å²) in [6.07, 6.45) is 0.868. The van der Waals surface area contributed by atoms with Gasteiger partial charge in [-0.05, 0) is 49.2 Å². The SMILES string of the molecule is CC[C@@H]1CSC(=Nc2cccc(C)c2)N1C(=O)c1ccc(Cl)c(Cl)c1. The molecule has 1 saturated heterocycles. The molecule has 1 aliphatic rings. The lowest BCUT2D eigenvalue weighted by Gasteiger charge is -2.23. The summed E-state index contributed by atoms with van der Waals surface area (Å²) in [6, 6.07) is 13.0. The first-order chi connectivity index (χ1) is 12.0. The van der Waals surface area contributed by atoms with E-state index in [2.05, 4.69) is 6.92 Å². The predicted molar refractivity (Wildman–Crippen MR) is 107 cm³/mol. The number of amidine groups is 1. The number of halogens is 2. The zero-order valence-corrected chi connectivity index (χ0v) is 16.3. The largest absolute Gasteiger partial charge is 0.283 e. The van der Waals surface area contributed by atoms with E-state index in [4.69, 9.17) is 28.2 Å². The molecule has 2 aromatic rings. The first-order valence-electron chi connectivity index (χ1n) is 8.06. The van der Waals surface area contributed by atoms with E-state index in [9.17, 15) is 4.79 Å². The van der Waals surface area contributed by atoms with E-state index in [-0.39, 0.29) is 11.9 Å². The molecule has 6 heteroatoms. The van der Waals surface area contributed by atoms with E-state index < -0.39 is 0 Å². The van der Waals surface area contributed by atoms with Crippen LogP contribution >= 0.6 is 35.0 Å². The molecule has 0 saturated carbocycles. The number of carbonyl (C=O) groups excluding carboxylic acids is 1. The van der Waals surface area contributed by atoms with Crippen LogP contribution in [-0.4, -0.2) is 27.8 Å². The quantitative estimate of drug-likeness (QED) is 0.645. The van der Waals surface area contributed by atoms with Crippen molar-refractivity contribution in [3.8, 4) is 0 Å². The fourth-order valence-corrected chi connectivity index (χ4v) is 4.25. The zero-order chi connectivity index (χ0) is 18.0. The van der Waals surface area contributed by atoms with Crippen LogP contribution in [0, 0.1) is 6.92 Å². The number of nitrogens with zero attached hydrogens (tertiary/aromatic N) is 2. The average Bonchev–Trinajstić information content (AvgIpc) is 2.99. The van der Waals surface area contributed by atoms with Gasteiger partial charge in [0.05, 0.1) is 15.7 Å². The summed E-state index contributed by atoms with van der Waals surface area (Å²) in [7, 11) is 0. The fraction of sp³-hybridized carbons (Fsp3) is 0.263.